The normalized spacial score (nSPS) is 24.3. The summed E-state index contributed by atoms with van der Waals surface area (Å²) in [6, 6.07) is 5.81. The summed E-state index contributed by atoms with van der Waals surface area (Å²) in [5, 5.41) is 9.20. The van der Waals surface area contributed by atoms with Gasteiger partial charge < -0.3 is 14.7 Å². The van der Waals surface area contributed by atoms with Crippen molar-refractivity contribution in [2.75, 3.05) is 13.2 Å². The third-order valence-electron chi connectivity index (χ3n) is 4.69. The maximum absolute atomic E-state index is 12.8. The average Bonchev–Trinajstić information content (AvgIpc) is 2.76. The van der Waals surface area contributed by atoms with Gasteiger partial charge in [0.2, 0.25) is 5.91 Å². The SMILES string of the molecule is O=C(O)C1CCCC(C(=O)N2CCOc3ccc(Br)cc3C2)C1. The van der Waals surface area contributed by atoms with Crippen LogP contribution < -0.4 is 4.74 Å². The van der Waals surface area contributed by atoms with E-state index in [1.807, 2.05) is 23.1 Å². The highest BCUT2D eigenvalue weighted by Gasteiger charge is 2.34. The summed E-state index contributed by atoms with van der Waals surface area (Å²) >= 11 is 3.45. The molecule has 1 aliphatic heterocycles. The molecule has 2 aliphatic rings. The van der Waals surface area contributed by atoms with Gasteiger partial charge in [0, 0.05) is 22.5 Å². The molecule has 2 unspecified atom stereocenters. The van der Waals surface area contributed by atoms with Crippen molar-refractivity contribution < 1.29 is 19.4 Å². The molecule has 6 heteroatoms. The van der Waals surface area contributed by atoms with Crippen LogP contribution in [0.25, 0.3) is 0 Å². The number of carbonyl (C=O) groups excluding carboxylic acids is 1. The van der Waals surface area contributed by atoms with E-state index >= 15 is 0 Å². The predicted octanol–water partition coefficient (Wildman–Crippen LogP) is 3.06. The monoisotopic (exact) mass is 381 g/mol. The number of benzene rings is 1. The fraction of sp³-hybridized carbons (Fsp3) is 0.529. The Balaban J connectivity index is 1.73. The first-order valence-electron chi connectivity index (χ1n) is 7.97. The Hall–Kier alpha value is -1.56. The first-order valence-corrected chi connectivity index (χ1v) is 8.76. The van der Waals surface area contributed by atoms with Crippen molar-refractivity contribution >= 4 is 27.8 Å². The van der Waals surface area contributed by atoms with Gasteiger partial charge >= 0.3 is 5.97 Å². The van der Waals surface area contributed by atoms with Crippen LogP contribution in [0.1, 0.15) is 31.2 Å². The van der Waals surface area contributed by atoms with Crippen LogP contribution in [0.4, 0.5) is 0 Å². The average molecular weight is 382 g/mol. The van der Waals surface area contributed by atoms with Crippen molar-refractivity contribution in [1.29, 1.82) is 0 Å². The lowest BCUT2D eigenvalue weighted by molar-refractivity contribution is -0.145. The first kappa shape index (κ1) is 16.3. The predicted molar refractivity (Wildman–Crippen MR) is 88.1 cm³/mol. The fourth-order valence-corrected chi connectivity index (χ4v) is 3.86. The molecule has 2 atom stereocenters. The summed E-state index contributed by atoms with van der Waals surface area (Å²) in [6.07, 6.45) is 2.72. The molecule has 0 bridgehead atoms. The van der Waals surface area contributed by atoms with Crippen molar-refractivity contribution in [3.63, 3.8) is 0 Å². The van der Waals surface area contributed by atoms with Crippen LogP contribution in [-0.4, -0.2) is 35.0 Å². The second-order valence-corrected chi connectivity index (χ2v) is 7.17. The second kappa shape index (κ2) is 6.91. The molecule has 23 heavy (non-hydrogen) atoms. The molecule has 0 saturated heterocycles. The molecule has 1 aromatic rings. The van der Waals surface area contributed by atoms with Crippen LogP contribution in [-0.2, 0) is 16.1 Å². The van der Waals surface area contributed by atoms with E-state index < -0.39 is 5.97 Å². The molecule has 0 radical (unpaired) electrons. The van der Waals surface area contributed by atoms with E-state index in [2.05, 4.69) is 15.9 Å². The van der Waals surface area contributed by atoms with E-state index in [0.717, 1.165) is 28.6 Å². The van der Waals surface area contributed by atoms with Crippen molar-refractivity contribution in [1.82, 2.24) is 4.90 Å². The molecule has 0 spiro atoms. The number of carboxylic acids is 1. The quantitative estimate of drug-likeness (QED) is 0.854. The van der Waals surface area contributed by atoms with Gasteiger partial charge in [0.15, 0.2) is 0 Å². The number of aliphatic carboxylic acids is 1. The van der Waals surface area contributed by atoms with E-state index in [9.17, 15) is 14.7 Å². The van der Waals surface area contributed by atoms with Gasteiger partial charge in [-0.25, -0.2) is 0 Å². The maximum Gasteiger partial charge on any atom is 0.306 e. The van der Waals surface area contributed by atoms with Gasteiger partial charge in [-0.1, -0.05) is 22.4 Å². The lowest BCUT2D eigenvalue weighted by Crippen LogP contribution is -2.39. The lowest BCUT2D eigenvalue weighted by atomic mass is 9.80. The first-order chi connectivity index (χ1) is 11.0. The third-order valence-corrected chi connectivity index (χ3v) is 5.18. The zero-order chi connectivity index (χ0) is 16.4. The molecule has 1 saturated carbocycles. The molecular weight excluding hydrogens is 362 g/mol. The highest BCUT2D eigenvalue weighted by Crippen LogP contribution is 2.32. The molecule has 3 rings (SSSR count). The van der Waals surface area contributed by atoms with E-state index in [-0.39, 0.29) is 17.7 Å². The summed E-state index contributed by atoms with van der Waals surface area (Å²) in [5.74, 6) is -0.472. The summed E-state index contributed by atoms with van der Waals surface area (Å²) in [5.41, 5.74) is 0.982. The van der Waals surface area contributed by atoms with Gasteiger partial charge in [0.1, 0.15) is 12.4 Å². The van der Waals surface area contributed by atoms with Gasteiger partial charge in [-0.3, -0.25) is 9.59 Å². The number of fused-ring (bicyclic) bond motifs is 1. The Kier molecular flexibility index (Phi) is 4.90. The Morgan fingerprint density at radius 1 is 1.26 bits per heavy atom. The topological polar surface area (TPSA) is 66.8 Å². The zero-order valence-corrected chi connectivity index (χ0v) is 14.4. The van der Waals surface area contributed by atoms with Gasteiger partial charge in [-0.15, -0.1) is 0 Å². The largest absolute Gasteiger partial charge is 0.491 e. The van der Waals surface area contributed by atoms with Crippen molar-refractivity contribution in [3.8, 4) is 5.75 Å². The number of rotatable bonds is 2. The van der Waals surface area contributed by atoms with Crippen molar-refractivity contribution in [2.45, 2.75) is 32.2 Å². The number of nitrogens with zero attached hydrogens (tertiary/aromatic N) is 1. The highest BCUT2D eigenvalue weighted by atomic mass is 79.9. The number of amides is 1. The summed E-state index contributed by atoms with van der Waals surface area (Å²) in [4.78, 5) is 25.9. The highest BCUT2D eigenvalue weighted by molar-refractivity contribution is 9.10. The number of halogens is 1. The van der Waals surface area contributed by atoms with Crippen molar-refractivity contribution in [3.05, 3.63) is 28.2 Å². The number of carbonyl (C=O) groups is 2. The number of ether oxygens (including phenoxy) is 1. The van der Waals surface area contributed by atoms with Crippen LogP contribution in [0.2, 0.25) is 0 Å². The summed E-state index contributed by atoms with van der Waals surface area (Å²) in [7, 11) is 0. The van der Waals surface area contributed by atoms with E-state index in [1.54, 1.807) is 0 Å². The number of carboxylic acid groups (broad SMARTS) is 1. The van der Waals surface area contributed by atoms with Crippen LogP contribution in [0.15, 0.2) is 22.7 Å². The minimum absolute atomic E-state index is 0.0624. The Labute approximate surface area is 143 Å². The smallest absolute Gasteiger partial charge is 0.306 e. The lowest BCUT2D eigenvalue weighted by Gasteiger charge is -2.30. The van der Waals surface area contributed by atoms with E-state index in [1.165, 1.54) is 0 Å². The minimum Gasteiger partial charge on any atom is -0.491 e. The molecule has 1 aromatic carbocycles. The van der Waals surface area contributed by atoms with Gasteiger partial charge in [-0.05, 0) is 37.5 Å². The Bertz CT molecular complexity index is 619. The molecule has 5 nitrogen and oxygen atoms in total. The second-order valence-electron chi connectivity index (χ2n) is 6.26. The van der Waals surface area contributed by atoms with E-state index in [4.69, 9.17) is 4.74 Å². The molecule has 1 N–H and O–H groups in total. The number of hydrogen-bond acceptors (Lipinski definition) is 3. The van der Waals surface area contributed by atoms with Crippen molar-refractivity contribution in [2.24, 2.45) is 11.8 Å². The van der Waals surface area contributed by atoms with Crippen LogP contribution >= 0.6 is 15.9 Å². The van der Waals surface area contributed by atoms with Gasteiger partial charge in [0.25, 0.3) is 0 Å². The maximum atomic E-state index is 12.8. The van der Waals surface area contributed by atoms with E-state index in [0.29, 0.717) is 32.5 Å². The van der Waals surface area contributed by atoms with Gasteiger partial charge in [0.05, 0.1) is 12.5 Å². The molecule has 1 amide bonds. The molecule has 1 fully saturated rings. The Morgan fingerprint density at radius 3 is 2.83 bits per heavy atom. The minimum atomic E-state index is -0.782. The zero-order valence-electron chi connectivity index (χ0n) is 12.8. The fourth-order valence-electron chi connectivity index (χ4n) is 3.45. The molecule has 0 aromatic heterocycles. The molecule has 124 valence electrons. The van der Waals surface area contributed by atoms with Gasteiger partial charge in [-0.2, -0.15) is 0 Å². The van der Waals surface area contributed by atoms with Crippen LogP contribution in [0.5, 0.6) is 5.75 Å². The molecule has 1 heterocycles. The van der Waals surface area contributed by atoms with Crippen LogP contribution in [0.3, 0.4) is 0 Å². The standard InChI is InChI=1S/C17H20BrNO4/c18-14-4-5-15-13(9-14)10-19(6-7-23-15)16(20)11-2-1-3-12(8-11)17(21)22/h4-5,9,11-12H,1-3,6-8,10H2,(H,21,22). The van der Waals surface area contributed by atoms with Crippen LogP contribution in [0, 0.1) is 11.8 Å². The molecular formula is C17H20BrNO4. The summed E-state index contributed by atoms with van der Waals surface area (Å²) < 4.78 is 6.68. The summed E-state index contributed by atoms with van der Waals surface area (Å²) in [6.45, 7) is 1.52. The number of hydrogen-bond donors (Lipinski definition) is 1. The third kappa shape index (κ3) is 3.68. The Morgan fingerprint density at radius 2 is 2.04 bits per heavy atom. The molecule has 1 aliphatic carbocycles.